The summed E-state index contributed by atoms with van der Waals surface area (Å²) in [7, 11) is 0. The van der Waals surface area contributed by atoms with Crippen LogP contribution in [0, 0.1) is 0 Å². The number of carbonyl (C=O) groups is 1. The minimum atomic E-state index is -0.149. The van der Waals surface area contributed by atoms with Crippen LogP contribution in [0.3, 0.4) is 0 Å². The maximum atomic E-state index is 10.9. The third kappa shape index (κ3) is 9.59. The quantitative estimate of drug-likeness (QED) is 0.271. The number of carbonyl (C=O) groups excluding carboxylic acids is 1. The lowest BCUT2D eigenvalue weighted by Gasteiger charge is -1.96. The fourth-order valence-electron chi connectivity index (χ4n) is 1.05. The first-order valence-corrected chi connectivity index (χ1v) is 5.71. The largest absolute Gasteiger partial charge is 0.466 e. The van der Waals surface area contributed by atoms with Crippen molar-refractivity contribution in [1.29, 1.82) is 0 Å². The fraction of sp³-hybridized carbons (Fsp3) is 0.727. The summed E-state index contributed by atoms with van der Waals surface area (Å²) in [6.07, 6.45) is 8.70. The monoisotopic (exact) mass is 218 g/mol. The van der Waals surface area contributed by atoms with Crippen molar-refractivity contribution in [2.24, 2.45) is 0 Å². The summed E-state index contributed by atoms with van der Waals surface area (Å²) < 4.78 is 4.78. The van der Waals surface area contributed by atoms with Crippen molar-refractivity contribution in [3.8, 4) is 0 Å². The summed E-state index contributed by atoms with van der Waals surface area (Å²) in [4.78, 5) is 10.9. The Morgan fingerprint density at radius 3 is 2.71 bits per heavy atom. The van der Waals surface area contributed by atoms with Gasteiger partial charge in [-0.25, -0.2) is 0 Å². The molecule has 0 unspecified atom stereocenters. The van der Waals surface area contributed by atoms with Gasteiger partial charge in [-0.15, -0.1) is 11.6 Å². The highest BCUT2D eigenvalue weighted by molar-refractivity contribution is 6.17. The number of unbranched alkanes of at least 4 members (excludes halogenated alkanes) is 3. The number of halogens is 1. The number of esters is 1. The van der Waals surface area contributed by atoms with Gasteiger partial charge in [0.25, 0.3) is 0 Å². The highest BCUT2D eigenvalue weighted by Crippen LogP contribution is 2.02. The van der Waals surface area contributed by atoms with E-state index in [2.05, 4.69) is 0 Å². The molecule has 2 nitrogen and oxygen atoms in total. The van der Waals surface area contributed by atoms with Crippen LogP contribution >= 0.6 is 11.6 Å². The minimum absolute atomic E-state index is 0.149. The summed E-state index contributed by atoms with van der Waals surface area (Å²) >= 11 is 5.54. The molecule has 3 heteroatoms. The van der Waals surface area contributed by atoms with Gasteiger partial charge in [-0.1, -0.05) is 18.6 Å². The molecule has 0 aliphatic heterocycles. The van der Waals surface area contributed by atoms with Gasteiger partial charge in [-0.2, -0.15) is 0 Å². The Kier molecular flexibility index (Phi) is 10.2. The van der Waals surface area contributed by atoms with E-state index in [1.54, 1.807) is 0 Å². The van der Waals surface area contributed by atoms with E-state index in [9.17, 15) is 4.79 Å². The Morgan fingerprint density at radius 2 is 2.07 bits per heavy atom. The van der Waals surface area contributed by atoms with E-state index < -0.39 is 0 Å². The van der Waals surface area contributed by atoms with Crippen LogP contribution < -0.4 is 0 Å². The van der Waals surface area contributed by atoms with E-state index >= 15 is 0 Å². The van der Waals surface area contributed by atoms with Crippen LogP contribution in [0.1, 0.15) is 39.0 Å². The van der Waals surface area contributed by atoms with Gasteiger partial charge in [-0.05, 0) is 26.2 Å². The molecule has 0 heterocycles. The smallest absolute Gasteiger partial charge is 0.309 e. The van der Waals surface area contributed by atoms with Crippen LogP contribution in [-0.4, -0.2) is 18.5 Å². The van der Waals surface area contributed by atoms with Gasteiger partial charge >= 0.3 is 5.97 Å². The molecule has 14 heavy (non-hydrogen) atoms. The zero-order valence-electron chi connectivity index (χ0n) is 8.80. The Morgan fingerprint density at radius 1 is 1.29 bits per heavy atom. The molecule has 0 rings (SSSR count). The molecule has 82 valence electrons. The molecule has 0 atom stereocenters. The molecule has 0 radical (unpaired) electrons. The van der Waals surface area contributed by atoms with Gasteiger partial charge in [0.15, 0.2) is 0 Å². The van der Waals surface area contributed by atoms with Gasteiger partial charge in [0.1, 0.15) is 0 Å². The van der Waals surface area contributed by atoms with E-state index in [4.69, 9.17) is 16.3 Å². The molecule has 0 bridgehead atoms. The summed E-state index contributed by atoms with van der Waals surface area (Å²) in [5.41, 5.74) is 0. The third-order valence-corrected chi connectivity index (χ3v) is 2.03. The van der Waals surface area contributed by atoms with Crippen molar-refractivity contribution in [2.45, 2.75) is 39.0 Å². The summed E-state index contributed by atoms with van der Waals surface area (Å²) in [6.45, 7) is 2.27. The van der Waals surface area contributed by atoms with Gasteiger partial charge in [0, 0.05) is 5.88 Å². The van der Waals surface area contributed by atoms with Crippen LogP contribution in [0.5, 0.6) is 0 Å². The van der Waals surface area contributed by atoms with Gasteiger partial charge in [0.2, 0.25) is 0 Å². The van der Waals surface area contributed by atoms with Gasteiger partial charge in [0.05, 0.1) is 13.0 Å². The molecule has 0 aromatic rings. The first kappa shape index (κ1) is 13.5. The lowest BCUT2D eigenvalue weighted by Crippen LogP contribution is -2.01. The number of rotatable bonds is 8. The Labute approximate surface area is 91.3 Å². The molecular weight excluding hydrogens is 200 g/mol. The van der Waals surface area contributed by atoms with Crippen molar-refractivity contribution in [2.75, 3.05) is 12.5 Å². The molecule has 0 aliphatic carbocycles. The highest BCUT2D eigenvalue weighted by atomic mass is 35.5. The number of allylic oxidation sites excluding steroid dienone is 1. The second-order valence-electron chi connectivity index (χ2n) is 3.02. The lowest BCUT2D eigenvalue weighted by atomic mass is 10.2. The SMILES string of the molecule is CCOC(=O)CC=CCCCCCCl. The van der Waals surface area contributed by atoms with E-state index in [1.807, 2.05) is 19.1 Å². The average molecular weight is 219 g/mol. The van der Waals surface area contributed by atoms with Crippen LogP contribution in [0.2, 0.25) is 0 Å². The third-order valence-electron chi connectivity index (χ3n) is 1.76. The molecule has 0 aliphatic rings. The zero-order chi connectivity index (χ0) is 10.6. The summed E-state index contributed by atoms with van der Waals surface area (Å²) in [5, 5.41) is 0. The number of ether oxygens (including phenoxy) is 1. The Hall–Kier alpha value is -0.500. The van der Waals surface area contributed by atoms with Crippen LogP contribution in [0.4, 0.5) is 0 Å². The predicted octanol–water partition coefficient (Wildman–Crippen LogP) is 3.30. The van der Waals surface area contributed by atoms with E-state index in [0.717, 1.165) is 31.6 Å². The molecule has 0 spiro atoms. The summed E-state index contributed by atoms with van der Waals surface area (Å²) in [6, 6.07) is 0. The van der Waals surface area contributed by atoms with Crippen molar-refractivity contribution in [3.05, 3.63) is 12.2 Å². The standard InChI is InChI=1S/C11H19ClO2/c1-2-14-11(13)9-7-5-3-4-6-8-10-12/h5,7H,2-4,6,8-10H2,1H3. The van der Waals surface area contributed by atoms with E-state index in [-0.39, 0.29) is 5.97 Å². The zero-order valence-corrected chi connectivity index (χ0v) is 9.55. The second kappa shape index (κ2) is 10.6. The predicted molar refractivity (Wildman–Crippen MR) is 59.6 cm³/mol. The van der Waals surface area contributed by atoms with Crippen LogP contribution in [-0.2, 0) is 9.53 Å². The molecule has 0 saturated carbocycles. The molecule has 0 amide bonds. The van der Waals surface area contributed by atoms with Crippen molar-refractivity contribution in [1.82, 2.24) is 0 Å². The highest BCUT2D eigenvalue weighted by Gasteiger charge is 1.95. The van der Waals surface area contributed by atoms with E-state index in [0.29, 0.717) is 13.0 Å². The molecule has 0 saturated heterocycles. The van der Waals surface area contributed by atoms with Crippen molar-refractivity contribution >= 4 is 17.6 Å². The number of alkyl halides is 1. The molecule has 0 aromatic carbocycles. The summed E-state index contributed by atoms with van der Waals surface area (Å²) in [5.74, 6) is 0.594. The molecule has 0 N–H and O–H groups in total. The molecular formula is C11H19ClO2. The minimum Gasteiger partial charge on any atom is -0.466 e. The Bertz CT molecular complexity index is 167. The van der Waals surface area contributed by atoms with Gasteiger partial charge < -0.3 is 4.74 Å². The first-order valence-electron chi connectivity index (χ1n) is 5.17. The number of hydrogen-bond acceptors (Lipinski definition) is 2. The average Bonchev–Trinajstić information content (AvgIpc) is 2.17. The van der Waals surface area contributed by atoms with Gasteiger partial charge in [-0.3, -0.25) is 4.79 Å². The van der Waals surface area contributed by atoms with Crippen molar-refractivity contribution < 1.29 is 9.53 Å². The lowest BCUT2D eigenvalue weighted by molar-refractivity contribution is -0.142. The van der Waals surface area contributed by atoms with E-state index in [1.165, 1.54) is 0 Å². The topological polar surface area (TPSA) is 26.3 Å². The maximum absolute atomic E-state index is 10.9. The number of hydrogen-bond donors (Lipinski definition) is 0. The van der Waals surface area contributed by atoms with Crippen LogP contribution in [0.15, 0.2) is 12.2 Å². The second-order valence-corrected chi connectivity index (χ2v) is 3.40. The normalized spacial score (nSPS) is 10.7. The fourth-order valence-corrected chi connectivity index (χ4v) is 1.24. The first-order chi connectivity index (χ1) is 6.81. The molecule has 0 fully saturated rings. The Balaban J connectivity index is 3.22. The maximum Gasteiger partial charge on any atom is 0.309 e. The van der Waals surface area contributed by atoms with Crippen LogP contribution in [0.25, 0.3) is 0 Å². The van der Waals surface area contributed by atoms with Crippen molar-refractivity contribution in [3.63, 3.8) is 0 Å². The molecule has 0 aromatic heterocycles.